The van der Waals surface area contributed by atoms with Gasteiger partial charge in [-0.3, -0.25) is 4.79 Å². The Balaban J connectivity index is 1.58. The number of fused-ring (bicyclic) bond motifs is 2. The van der Waals surface area contributed by atoms with E-state index in [1.54, 1.807) is 19.1 Å². The second-order valence-corrected chi connectivity index (χ2v) is 11.7. The highest BCUT2D eigenvalue weighted by Gasteiger charge is 2.41. The second-order valence-electron chi connectivity index (χ2n) is 11.7. The number of carbonyl (C=O) groups excluding carboxylic acids is 1. The van der Waals surface area contributed by atoms with Gasteiger partial charge in [-0.15, -0.1) is 0 Å². The van der Waals surface area contributed by atoms with Crippen molar-refractivity contribution in [2.45, 2.75) is 63.6 Å². The first-order valence-corrected chi connectivity index (χ1v) is 13.7. The molecule has 0 unspecified atom stereocenters. The molecular weight excluding hydrogens is 579 g/mol. The first-order valence-electron chi connectivity index (χ1n) is 13.7. The first-order chi connectivity index (χ1) is 19.9. The predicted molar refractivity (Wildman–Crippen MR) is 147 cm³/mol. The zero-order chi connectivity index (χ0) is 31.5. The number of carbonyl (C=O) groups is 1. The van der Waals surface area contributed by atoms with E-state index in [2.05, 4.69) is 9.88 Å². The van der Waals surface area contributed by atoms with E-state index in [-0.39, 0.29) is 24.0 Å². The Morgan fingerprint density at radius 3 is 1.98 bits per heavy atom. The van der Waals surface area contributed by atoms with Gasteiger partial charge in [-0.25, -0.2) is 9.37 Å². The molecule has 1 amide bonds. The fourth-order valence-electron chi connectivity index (χ4n) is 5.79. The SMILES string of the molecule is Cc1cc(F)ccc1-c1cc(N2C[C@H]3CC[C@@H](C2)O3)ncc1N(C)C(=O)C(C)(C)c1cc(C(F)(F)F)cc(C(F)(F)F)c1. The molecule has 2 bridgehead atoms. The molecule has 2 aromatic carbocycles. The molecule has 2 aliphatic rings. The number of halogens is 7. The summed E-state index contributed by atoms with van der Waals surface area (Å²) < 4.78 is 101. The van der Waals surface area contributed by atoms with Crippen LogP contribution < -0.4 is 9.80 Å². The molecule has 0 spiro atoms. The number of hydrogen-bond donors (Lipinski definition) is 0. The lowest BCUT2D eigenvalue weighted by Crippen LogP contribution is -2.43. The van der Waals surface area contributed by atoms with Crippen LogP contribution in [0.15, 0.2) is 48.7 Å². The van der Waals surface area contributed by atoms with Gasteiger partial charge in [0.25, 0.3) is 0 Å². The lowest BCUT2D eigenvalue weighted by atomic mass is 9.81. The summed E-state index contributed by atoms with van der Waals surface area (Å²) in [5, 5.41) is 0. The zero-order valence-electron chi connectivity index (χ0n) is 23.9. The molecule has 5 nitrogen and oxygen atoms in total. The smallest absolute Gasteiger partial charge is 0.371 e. The fraction of sp³-hybridized carbons (Fsp3) is 0.419. The van der Waals surface area contributed by atoms with E-state index < -0.39 is 46.2 Å². The number of aryl methyl sites for hydroxylation is 1. The zero-order valence-corrected chi connectivity index (χ0v) is 23.9. The maximum atomic E-state index is 14.0. The fourth-order valence-corrected chi connectivity index (χ4v) is 5.79. The minimum absolute atomic E-state index is 0.0314. The lowest BCUT2D eigenvalue weighted by molar-refractivity contribution is -0.143. The van der Waals surface area contributed by atoms with Crippen LogP contribution in [-0.4, -0.2) is 43.2 Å². The Kier molecular flexibility index (Phi) is 7.73. The van der Waals surface area contributed by atoms with E-state index in [0.717, 1.165) is 12.8 Å². The van der Waals surface area contributed by atoms with Gasteiger partial charge in [0.05, 0.1) is 40.6 Å². The number of rotatable bonds is 5. The van der Waals surface area contributed by atoms with Crippen LogP contribution in [0.4, 0.5) is 42.2 Å². The van der Waals surface area contributed by atoms with Crippen LogP contribution in [0, 0.1) is 12.7 Å². The van der Waals surface area contributed by atoms with Crippen LogP contribution in [0.25, 0.3) is 11.1 Å². The molecule has 2 atom stereocenters. The summed E-state index contributed by atoms with van der Waals surface area (Å²) in [5.74, 6) is -0.618. The molecule has 2 fully saturated rings. The average molecular weight is 610 g/mol. The van der Waals surface area contributed by atoms with Crippen LogP contribution in [0.2, 0.25) is 0 Å². The molecule has 12 heteroatoms. The van der Waals surface area contributed by atoms with Gasteiger partial charge in [0.1, 0.15) is 11.6 Å². The highest BCUT2D eigenvalue weighted by Crippen LogP contribution is 2.41. The second kappa shape index (κ2) is 10.8. The highest BCUT2D eigenvalue weighted by molar-refractivity contribution is 6.03. The van der Waals surface area contributed by atoms with Crippen molar-refractivity contribution in [3.8, 4) is 11.1 Å². The lowest BCUT2D eigenvalue weighted by Gasteiger charge is -2.34. The number of amides is 1. The van der Waals surface area contributed by atoms with Gasteiger partial charge < -0.3 is 14.5 Å². The van der Waals surface area contributed by atoms with Gasteiger partial charge in [0.2, 0.25) is 5.91 Å². The number of aromatic nitrogens is 1. The Hall–Kier alpha value is -3.67. The molecule has 230 valence electrons. The summed E-state index contributed by atoms with van der Waals surface area (Å²) in [4.78, 5) is 21.8. The van der Waals surface area contributed by atoms with E-state index in [0.29, 0.717) is 47.7 Å². The molecule has 1 aromatic heterocycles. The summed E-state index contributed by atoms with van der Waals surface area (Å²) in [6.07, 6.45) is -6.68. The Bertz CT molecular complexity index is 1510. The number of pyridine rings is 1. The highest BCUT2D eigenvalue weighted by atomic mass is 19.4. The number of likely N-dealkylation sites (N-methyl/N-ethyl adjacent to an activating group) is 1. The number of benzene rings is 2. The minimum Gasteiger partial charge on any atom is -0.371 e. The van der Waals surface area contributed by atoms with E-state index >= 15 is 0 Å². The van der Waals surface area contributed by atoms with E-state index in [1.807, 2.05) is 0 Å². The van der Waals surface area contributed by atoms with Crippen LogP contribution in [-0.2, 0) is 27.3 Å². The van der Waals surface area contributed by atoms with Crippen molar-refractivity contribution >= 4 is 17.4 Å². The number of nitrogens with zero attached hydrogens (tertiary/aromatic N) is 3. The molecule has 2 saturated heterocycles. The molecule has 3 aromatic rings. The molecule has 0 radical (unpaired) electrons. The average Bonchev–Trinajstić information content (AvgIpc) is 3.27. The molecular formula is C31H30F7N3O2. The maximum absolute atomic E-state index is 14.0. The van der Waals surface area contributed by atoms with Crippen molar-refractivity contribution in [1.82, 2.24) is 4.98 Å². The molecule has 0 saturated carbocycles. The minimum atomic E-state index is -5.06. The number of ether oxygens (including phenoxy) is 1. The Labute approximate surface area is 244 Å². The standard InChI is InChI=1S/C31H30F7N3O2/c1-17-9-21(32)5-8-24(17)25-13-27(41-15-22-6-7-23(16-41)43-22)39-14-26(25)40(4)28(42)29(2,3)18-10-19(30(33,34)35)12-20(11-18)31(36,37)38/h5,8-14,22-23H,6-7,15-16H2,1-4H3/t22-,23+. The Morgan fingerprint density at radius 1 is 0.884 bits per heavy atom. The topological polar surface area (TPSA) is 45.7 Å². The van der Waals surface area contributed by atoms with Crippen molar-refractivity contribution in [2.75, 3.05) is 29.9 Å². The third-order valence-electron chi connectivity index (χ3n) is 8.22. The number of morpholine rings is 1. The number of hydrogen-bond acceptors (Lipinski definition) is 4. The monoisotopic (exact) mass is 609 g/mol. The van der Waals surface area contributed by atoms with Crippen LogP contribution in [0.3, 0.4) is 0 Å². The van der Waals surface area contributed by atoms with Gasteiger partial charge in [0.15, 0.2) is 0 Å². The normalized spacial score (nSPS) is 19.1. The summed E-state index contributed by atoms with van der Waals surface area (Å²) in [6.45, 7) is 5.47. The quantitative estimate of drug-likeness (QED) is 0.281. The van der Waals surface area contributed by atoms with Gasteiger partial charge in [0, 0.05) is 25.7 Å². The van der Waals surface area contributed by atoms with Gasteiger partial charge in [-0.2, -0.15) is 26.3 Å². The third kappa shape index (κ3) is 6.07. The van der Waals surface area contributed by atoms with Gasteiger partial charge >= 0.3 is 12.4 Å². The third-order valence-corrected chi connectivity index (χ3v) is 8.22. The van der Waals surface area contributed by atoms with Crippen molar-refractivity contribution in [2.24, 2.45) is 0 Å². The largest absolute Gasteiger partial charge is 0.416 e. The molecule has 0 aliphatic carbocycles. The van der Waals surface area contributed by atoms with Crippen molar-refractivity contribution in [3.05, 3.63) is 76.7 Å². The summed E-state index contributed by atoms with van der Waals surface area (Å²) in [7, 11) is 1.39. The van der Waals surface area contributed by atoms with Crippen molar-refractivity contribution < 1.29 is 40.3 Å². The van der Waals surface area contributed by atoms with Gasteiger partial charge in [-0.1, -0.05) is 6.07 Å². The predicted octanol–water partition coefficient (Wildman–Crippen LogP) is 7.54. The summed E-state index contributed by atoms with van der Waals surface area (Å²) in [6, 6.07) is 7.10. The van der Waals surface area contributed by atoms with Gasteiger partial charge in [-0.05, 0) is 86.7 Å². The first kappa shape index (κ1) is 30.8. The van der Waals surface area contributed by atoms with Crippen LogP contribution >= 0.6 is 0 Å². The van der Waals surface area contributed by atoms with Crippen LogP contribution in [0.5, 0.6) is 0 Å². The van der Waals surface area contributed by atoms with Crippen LogP contribution in [0.1, 0.15) is 48.9 Å². The van der Waals surface area contributed by atoms with Crippen molar-refractivity contribution in [3.63, 3.8) is 0 Å². The van der Waals surface area contributed by atoms with E-state index in [4.69, 9.17) is 4.74 Å². The van der Waals surface area contributed by atoms with Crippen molar-refractivity contribution in [1.29, 1.82) is 0 Å². The number of alkyl halides is 6. The summed E-state index contributed by atoms with van der Waals surface area (Å²) in [5.41, 5.74) is -3.35. The molecule has 43 heavy (non-hydrogen) atoms. The number of anilines is 2. The molecule has 5 rings (SSSR count). The van der Waals surface area contributed by atoms with E-state index in [9.17, 15) is 35.5 Å². The maximum Gasteiger partial charge on any atom is 0.416 e. The molecule has 3 heterocycles. The molecule has 0 N–H and O–H groups in total. The van der Waals surface area contributed by atoms with E-state index in [1.165, 1.54) is 44.1 Å². The molecule has 2 aliphatic heterocycles. The Morgan fingerprint density at radius 2 is 1.44 bits per heavy atom. The summed E-state index contributed by atoms with van der Waals surface area (Å²) >= 11 is 0.